The van der Waals surface area contributed by atoms with Gasteiger partial charge in [-0.1, -0.05) is 24.3 Å². The molecule has 182 valence electrons. The Kier molecular flexibility index (Phi) is 8.03. The van der Waals surface area contributed by atoms with Crippen LogP contribution in [0.5, 0.6) is 11.5 Å². The number of carbonyl (C=O) groups is 2. The Morgan fingerprint density at radius 2 is 1.82 bits per heavy atom. The summed E-state index contributed by atoms with van der Waals surface area (Å²) in [6.45, 7) is 7.67. The molecule has 2 amide bonds. The summed E-state index contributed by atoms with van der Waals surface area (Å²) in [6.07, 6.45) is 0. The summed E-state index contributed by atoms with van der Waals surface area (Å²) < 4.78 is 16.8. The molecule has 2 aromatic rings. The fourth-order valence-corrected chi connectivity index (χ4v) is 4.57. The van der Waals surface area contributed by atoms with Crippen molar-refractivity contribution in [3.63, 3.8) is 0 Å². The Hall–Kier alpha value is -3.10. The lowest BCUT2D eigenvalue weighted by molar-refractivity contribution is -0.133. The summed E-state index contributed by atoms with van der Waals surface area (Å²) in [5.41, 5.74) is 1.48. The fraction of sp³-hybridized carbons (Fsp3) is 0.462. The van der Waals surface area contributed by atoms with Crippen molar-refractivity contribution < 1.29 is 23.8 Å². The highest BCUT2D eigenvalue weighted by Crippen LogP contribution is 2.32. The van der Waals surface area contributed by atoms with Crippen molar-refractivity contribution in [1.29, 1.82) is 0 Å². The van der Waals surface area contributed by atoms with E-state index in [1.807, 2.05) is 52.3 Å². The molecule has 0 aliphatic carbocycles. The van der Waals surface area contributed by atoms with Gasteiger partial charge in [-0.25, -0.2) is 0 Å². The number of hydrogen-bond donors (Lipinski definition) is 0. The zero-order valence-electron chi connectivity index (χ0n) is 19.9. The van der Waals surface area contributed by atoms with Crippen molar-refractivity contribution in [3.05, 3.63) is 59.7 Å². The quantitative estimate of drug-likeness (QED) is 0.623. The first kappa shape index (κ1) is 24.0. The normalized spacial score (nSPS) is 19.1. The molecule has 8 heteroatoms. The van der Waals surface area contributed by atoms with Crippen molar-refractivity contribution >= 4 is 11.8 Å². The lowest BCUT2D eigenvalue weighted by atomic mass is 10.00. The predicted molar refractivity (Wildman–Crippen MR) is 128 cm³/mol. The molecular formula is C26H33N3O5. The first-order valence-corrected chi connectivity index (χ1v) is 11.8. The molecule has 2 heterocycles. The van der Waals surface area contributed by atoms with Crippen LogP contribution in [0.15, 0.2) is 48.5 Å². The van der Waals surface area contributed by atoms with Gasteiger partial charge in [0.2, 0.25) is 5.91 Å². The topological polar surface area (TPSA) is 71.5 Å². The minimum atomic E-state index is -0.265. The highest BCUT2D eigenvalue weighted by Gasteiger charge is 2.34. The summed E-state index contributed by atoms with van der Waals surface area (Å²) >= 11 is 0. The molecule has 0 aromatic heterocycles. The minimum absolute atomic E-state index is 0.0151. The van der Waals surface area contributed by atoms with Crippen LogP contribution in [-0.4, -0.2) is 92.7 Å². The molecule has 0 N–H and O–H groups in total. The Labute approximate surface area is 201 Å². The molecule has 2 fully saturated rings. The second kappa shape index (κ2) is 11.4. The molecule has 0 bridgehead atoms. The number of para-hydroxylation sites is 1. The number of nitrogens with zero attached hydrogens (tertiary/aromatic N) is 3. The third-order valence-electron chi connectivity index (χ3n) is 6.43. The highest BCUT2D eigenvalue weighted by atomic mass is 16.5. The van der Waals surface area contributed by atoms with E-state index in [-0.39, 0.29) is 17.9 Å². The van der Waals surface area contributed by atoms with E-state index in [2.05, 4.69) is 4.90 Å². The van der Waals surface area contributed by atoms with Gasteiger partial charge in [0.05, 0.1) is 26.4 Å². The zero-order chi connectivity index (χ0) is 23.9. The molecular weight excluding hydrogens is 434 g/mol. The highest BCUT2D eigenvalue weighted by molar-refractivity contribution is 5.95. The maximum Gasteiger partial charge on any atom is 0.254 e. The molecule has 2 aliphatic heterocycles. The molecule has 8 nitrogen and oxygen atoms in total. The maximum atomic E-state index is 13.4. The largest absolute Gasteiger partial charge is 0.496 e. The van der Waals surface area contributed by atoms with Gasteiger partial charge in [0.15, 0.2) is 0 Å². The predicted octanol–water partition coefficient (Wildman–Crippen LogP) is 2.45. The van der Waals surface area contributed by atoms with Gasteiger partial charge in [-0.15, -0.1) is 0 Å². The van der Waals surface area contributed by atoms with Crippen LogP contribution in [0.2, 0.25) is 0 Å². The van der Waals surface area contributed by atoms with Gasteiger partial charge in [-0.05, 0) is 24.3 Å². The smallest absolute Gasteiger partial charge is 0.254 e. The SMILES string of the molecule is COc1ccccc1C1CN(C(=O)c2cccc(OCCN3CCOCC3)c2)CCN1C(C)=O. The van der Waals surface area contributed by atoms with Crippen molar-refractivity contribution in [2.45, 2.75) is 13.0 Å². The number of methoxy groups -OCH3 is 1. The van der Waals surface area contributed by atoms with Crippen LogP contribution < -0.4 is 9.47 Å². The molecule has 0 spiro atoms. The Balaban J connectivity index is 1.44. The lowest BCUT2D eigenvalue weighted by Crippen LogP contribution is -2.51. The van der Waals surface area contributed by atoms with Gasteiger partial charge in [0, 0.05) is 57.3 Å². The van der Waals surface area contributed by atoms with Crippen LogP contribution in [0, 0.1) is 0 Å². The average molecular weight is 468 g/mol. The number of benzene rings is 2. The van der Waals surface area contributed by atoms with Crippen LogP contribution in [0.1, 0.15) is 28.9 Å². The van der Waals surface area contributed by atoms with E-state index in [9.17, 15) is 9.59 Å². The standard InChI is InChI=1S/C26H33N3O5/c1-20(30)29-11-10-28(19-24(29)23-8-3-4-9-25(23)32-2)26(31)21-6-5-7-22(18-21)34-17-14-27-12-15-33-16-13-27/h3-9,18,24H,10-17,19H2,1-2H3. The molecule has 34 heavy (non-hydrogen) atoms. The molecule has 0 saturated carbocycles. The van der Waals surface area contributed by atoms with Gasteiger partial charge >= 0.3 is 0 Å². The summed E-state index contributed by atoms with van der Waals surface area (Å²) in [7, 11) is 1.62. The van der Waals surface area contributed by atoms with E-state index in [0.29, 0.717) is 43.3 Å². The number of amides is 2. The van der Waals surface area contributed by atoms with Crippen LogP contribution >= 0.6 is 0 Å². The Morgan fingerprint density at radius 1 is 1.03 bits per heavy atom. The van der Waals surface area contributed by atoms with Crippen molar-refractivity contribution in [2.75, 3.05) is 66.2 Å². The molecule has 0 radical (unpaired) electrons. The van der Waals surface area contributed by atoms with E-state index >= 15 is 0 Å². The zero-order valence-corrected chi connectivity index (χ0v) is 19.9. The first-order chi connectivity index (χ1) is 16.6. The fourth-order valence-electron chi connectivity index (χ4n) is 4.57. The Morgan fingerprint density at radius 3 is 2.59 bits per heavy atom. The summed E-state index contributed by atoms with van der Waals surface area (Å²) in [5, 5.41) is 0. The van der Waals surface area contributed by atoms with E-state index in [1.165, 1.54) is 0 Å². The molecule has 2 aliphatic rings. The maximum absolute atomic E-state index is 13.4. The van der Waals surface area contributed by atoms with E-state index in [4.69, 9.17) is 14.2 Å². The van der Waals surface area contributed by atoms with Crippen LogP contribution in [-0.2, 0) is 9.53 Å². The van der Waals surface area contributed by atoms with Gasteiger partial charge in [-0.3, -0.25) is 14.5 Å². The van der Waals surface area contributed by atoms with E-state index in [1.54, 1.807) is 20.1 Å². The molecule has 1 atom stereocenters. The molecule has 4 rings (SSSR count). The van der Waals surface area contributed by atoms with Crippen molar-refractivity contribution in [2.24, 2.45) is 0 Å². The lowest BCUT2D eigenvalue weighted by Gasteiger charge is -2.41. The molecule has 2 saturated heterocycles. The van der Waals surface area contributed by atoms with Crippen molar-refractivity contribution in [3.8, 4) is 11.5 Å². The molecule has 1 unspecified atom stereocenters. The Bertz CT molecular complexity index is 992. The summed E-state index contributed by atoms with van der Waals surface area (Å²) in [4.78, 5) is 31.7. The van der Waals surface area contributed by atoms with E-state index in [0.717, 1.165) is 38.4 Å². The van der Waals surface area contributed by atoms with Crippen LogP contribution in [0.3, 0.4) is 0 Å². The first-order valence-electron chi connectivity index (χ1n) is 11.8. The average Bonchev–Trinajstić information content (AvgIpc) is 2.88. The second-order valence-corrected chi connectivity index (χ2v) is 8.55. The van der Waals surface area contributed by atoms with Gasteiger partial charge < -0.3 is 24.0 Å². The van der Waals surface area contributed by atoms with Crippen molar-refractivity contribution in [1.82, 2.24) is 14.7 Å². The third-order valence-corrected chi connectivity index (χ3v) is 6.43. The number of piperazine rings is 1. The van der Waals surface area contributed by atoms with E-state index < -0.39 is 0 Å². The van der Waals surface area contributed by atoms with Gasteiger partial charge in [0.25, 0.3) is 5.91 Å². The summed E-state index contributed by atoms with van der Waals surface area (Å²) in [6, 6.07) is 14.7. The summed E-state index contributed by atoms with van der Waals surface area (Å²) in [5.74, 6) is 1.31. The number of rotatable bonds is 7. The van der Waals surface area contributed by atoms with Gasteiger partial charge in [0.1, 0.15) is 18.1 Å². The van der Waals surface area contributed by atoms with Gasteiger partial charge in [-0.2, -0.15) is 0 Å². The third kappa shape index (κ3) is 5.69. The number of hydrogen-bond acceptors (Lipinski definition) is 6. The number of ether oxygens (including phenoxy) is 3. The number of morpholine rings is 1. The van der Waals surface area contributed by atoms with Crippen LogP contribution in [0.4, 0.5) is 0 Å². The van der Waals surface area contributed by atoms with Crippen LogP contribution in [0.25, 0.3) is 0 Å². The monoisotopic (exact) mass is 467 g/mol. The second-order valence-electron chi connectivity index (χ2n) is 8.55. The minimum Gasteiger partial charge on any atom is -0.496 e. The number of carbonyl (C=O) groups excluding carboxylic acids is 2. The molecule has 2 aromatic carbocycles.